The smallest absolute Gasteiger partial charge is 0.255 e. The first-order valence-corrected chi connectivity index (χ1v) is 10.9. The molecule has 1 fully saturated rings. The van der Waals surface area contributed by atoms with Crippen molar-refractivity contribution in [3.05, 3.63) is 96.4 Å². The van der Waals surface area contributed by atoms with Crippen molar-refractivity contribution < 1.29 is 9.32 Å². The van der Waals surface area contributed by atoms with Crippen LogP contribution in [0.3, 0.4) is 0 Å². The second-order valence-electron chi connectivity index (χ2n) is 7.93. The van der Waals surface area contributed by atoms with E-state index in [1.54, 1.807) is 0 Å². The van der Waals surface area contributed by atoms with Crippen molar-refractivity contribution in [2.24, 2.45) is 0 Å². The maximum atomic E-state index is 13.3. The van der Waals surface area contributed by atoms with Crippen molar-refractivity contribution in [2.75, 3.05) is 18.4 Å². The van der Waals surface area contributed by atoms with Gasteiger partial charge in [-0.1, -0.05) is 65.8 Å². The highest BCUT2D eigenvalue weighted by molar-refractivity contribution is 6.00. The summed E-state index contributed by atoms with van der Waals surface area (Å²) in [5, 5.41) is 7.50. The monoisotopic (exact) mass is 424 g/mol. The van der Waals surface area contributed by atoms with E-state index in [1.165, 1.54) is 0 Å². The highest BCUT2D eigenvalue weighted by Crippen LogP contribution is 2.30. The summed E-state index contributed by atoms with van der Waals surface area (Å²) >= 11 is 0. The molecule has 6 nitrogen and oxygen atoms in total. The molecule has 0 bridgehead atoms. The fourth-order valence-electron chi connectivity index (χ4n) is 4.06. The summed E-state index contributed by atoms with van der Waals surface area (Å²) in [6.45, 7) is 1.32. The van der Waals surface area contributed by atoms with Crippen molar-refractivity contribution in [3.63, 3.8) is 0 Å². The molecule has 0 atom stereocenters. The molecule has 1 amide bonds. The molecule has 5 rings (SSSR count). The Hall–Kier alpha value is -3.93. The quantitative estimate of drug-likeness (QED) is 0.458. The molecule has 4 aromatic rings. The van der Waals surface area contributed by atoms with Gasteiger partial charge in [0.1, 0.15) is 0 Å². The molecule has 3 aromatic carbocycles. The van der Waals surface area contributed by atoms with E-state index in [2.05, 4.69) is 15.5 Å². The molecule has 0 spiro atoms. The van der Waals surface area contributed by atoms with Gasteiger partial charge in [0.15, 0.2) is 0 Å². The third-order valence-electron chi connectivity index (χ3n) is 5.82. The zero-order valence-electron chi connectivity index (χ0n) is 17.6. The van der Waals surface area contributed by atoms with Crippen molar-refractivity contribution in [1.82, 2.24) is 15.0 Å². The number of hydrogen-bond acceptors (Lipinski definition) is 5. The summed E-state index contributed by atoms with van der Waals surface area (Å²) in [5.41, 5.74) is 3.39. The first-order valence-electron chi connectivity index (χ1n) is 10.9. The number of piperidine rings is 1. The van der Waals surface area contributed by atoms with Gasteiger partial charge >= 0.3 is 0 Å². The van der Waals surface area contributed by atoms with Gasteiger partial charge in [-0.05, 0) is 37.1 Å². The molecule has 2 heterocycles. The van der Waals surface area contributed by atoms with Crippen LogP contribution in [0.25, 0.3) is 11.4 Å². The van der Waals surface area contributed by atoms with E-state index in [4.69, 9.17) is 4.52 Å². The molecular weight excluding hydrogens is 400 g/mol. The number of carbonyl (C=O) groups is 1. The Morgan fingerprint density at radius 1 is 0.875 bits per heavy atom. The molecule has 1 aromatic heterocycles. The van der Waals surface area contributed by atoms with Crippen LogP contribution in [0.5, 0.6) is 0 Å². The van der Waals surface area contributed by atoms with Crippen LogP contribution < -0.4 is 5.32 Å². The first-order chi connectivity index (χ1) is 15.8. The topological polar surface area (TPSA) is 71.3 Å². The number of anilines is 2. The fraction of sp³-hybridized carbons (Fsp3) is 0.192. The fourth-order valence-corrected chi connectivity index (χ4v) is 4.06. The van der Waals surface area contributed by atoms with Gasteiger partial charge in [-0.15, -0.1) is 0 Å². The van der Waals surface area contributed by atoms with E-state index in [1.807, 2.05) is 89.8 Å². The number of rotatable bonds is 5. The number of nitrogens with one attached hydrogen (secondary N) is 1. The van der Waals surface area contributed by atoms with Gasteiger partial charge in [-0.2, -0.15) is 4.98 Å². The third kappa shape index (κ3) is 4.25. The molecular formula is C26H24N4O2. The minimum atomic E-state index is 0.0398. The van der Waals surface area contributed by atoms with Gasteiger partial charge in [0.05, 0.1) is 11.3 Å². The summed E-state index contributed by atoms with van der Waals surface area (Å²) in [5.74, 6) is 1.47. The summed E-state index contributed by atoms with van der Waals surface area (Å²) in [6, 6.07) is 27.4. The molecule has 0 unspecified atom stereocenters. The van der Waals surface area contributed by atoms with E-state index in [9.17, 15) is 4.79 Å². The van der Waals surface area contributed by atoms with Crippen LogP contribution in [-0.2, 0) is 0 Å². The number of amides is 1. The first kappa shape index (κ1) is 20.0. The lowest BCUT2D eigenvalue weighted by molar-refractivity contribution is 0.0705. The molecule has 32 heavy (non-hydrogen) atoms. The lowest BCUT2D eigenvalue weighted by Gasteiger charge is -2.31. The van der Waals surface area contributed by atoms with Crippen molar-refractivity contribution in [3.8, 4) is 11.4 Å². The molecule has 6 heteroatoms. The predicted octanol–water partition coefficient (Wildman–Crippen LogP) is 5.50. The predicted molar refractivity (Wildman–Crippen MR) is 124 cm³/mol. The van der Waals surface area contributed by atoms with Gasteiger partial charge in [0.25, 0.3) is 5.91 Å². The maximum Gasteiger partial charge on any atom is 0.255 e. The molecule has 1 aliphatic heterocycles. The van der Waals surface area contributed by atoms with Crippen LogP contribution in [0.2, 0.25) is 0 Å². The average Bonchev–Trinajstić information content (AvgIpc) is 3.36. The second kappa shape index (κ2) is 9.06. The van der Waals surface area contributed by atoms with Crippen LogP contribution in [0.15, 0.2) is 89.5 Å². The SMILES string of the molecule is O=C(c1ccccc1Nc1ccccc1)N1CCC(c2nc(-c3ccccc3)no2)CC1. The number of aromatic nitrogens is 2. The molecule has 0 aliphatic carbocycles. The Balaban J connectivity index is 1.25. The van der Waals surface area contributed by atoms with Gasteiger partial charge < -0.3 is 14.7 Å². The number of benzene rings is 3. The summed E-state index contributed by atoms with van der Waals surface area (Å²) in [6.07, 6.45) is 1.60. The Morgan fingerprint density at radius 3 is 2.28 bits per heavy atom. The Morgan fingerprint density at radius 2 is 1.53 bits per heavy atom. The summed E-state index contributed by atoms with van der Waals surface area (Å²) in [7, 11) is 0. The Kier molecular flexibility index (Phi) is 5.66. The van der Waals surface area contributed by atoms with Crippen LogP contribution in [0.4, 0.5) is 11.4 Å². The zero-order valence-corrected chi connectivity index (χ0v) is 17.6. The highest BCUT2D eigenvalue weighted by atomic mass is 16.5. The number of para-hydroxylation sites is 2. The van der Waals surface area contributed by atoms with Gasteiger partial charge in [0.2, 0.25) is 11.7 Å². The Labute approximate surface area is 186 Å². The van der Waals surface area contributed by atoms with Gasteiger partial charge in [0, 0.05) is 30.3 Å². The largest absolute Gasteiger partial charge is 0.355 e. The lowest BCUT2D eigenvalue weighted by Crippen LogP contribution is -2.38. The van der Waals surface area contributed by atoms with Crippen LogP contribution in [0.1, 0.15) is 35.0 Å². The maximum absolute atomic E-state index is 13.3. The third-order valence-corrected chi connectivity index (χ3v) is 5.82. The normalized spacial score (nSPS) is 14.3. The standard InChI is InChI=1S/C26H24N4O2/c31-26(22-13-7-8-14-23(22)27-21-11-5-2-6-12-21)30-17-15-20(16-18-30)25-28-24(29-32-25)19-9-3-1-4-10-19/h1-14,20,27H,15-18H2. The summed E-state index contributed by atoms with van der Waals surface area (Å²) in [4.78, 5) is 19.8. The van der Waals surface area contributed by atoms with Crippen LogP contribution >= 0.6 is 0 Å². The number of carbonyl (C=O) groups excluding carboxylic acids is 1. The van der Waals surface area contributed by atoms with E-state index in [0.29, 0.717) is 30.4 Å². The molecule has 160 valence electrons. The minimum absolute atomic E-state index is 0.0398. The van der Waals surface area contributed by atoms with E-state index in [-0.39, 0.29) is 11.8 Å². The van der Waals surface area contributed by atoms with E-state index >= 15 is 0 Å². The van der Waals surface area contributed by atoms with E-state index in [0.717, 1.165) is 29.8 Å². The second-order valence-corrected chi connectivity index (χ2v) is 7.93. The van der Waals surface area contributed by atoms with Gasteiger partial charge in [-0.25, -0.2) is 0 Å². The van der Waals surface area contributed by atoms with Crippen molar-refractivity contribution >= 4 is 17.3 Å². The molecule has 1 N–H and O–H groups in total. The van der Waals surface area contributed by atoms with Crippen LogP contribution in [0, 0.1) is 0 Å². The minimum Gasteiger partial charge on any atom is -0.355 e. The molecule has 0 radical (unpaired) electrons. The number of nitrogens with zero attached hydrogens (tertiary/aromatic N) is 3. The number of likely N-dealkylation sites (tertiary alicyclic amines) is 1. The average molecular weight is 425 g/mol. The lowest BCUT2D eigenvalue weighted by atomic mass is 9.96. The zero-order chi connectivity index (χ0) is 21.8. The molecule has 1 saturated heterocycles. The van der Waals surface area contributed by atoms with Gasteiger partial charge in [-0.3, -0.25) is 4.79 Å². The highest BCUT2D eigenvalue weighted by Gasteiger charge is 2.29. The van der Waals surface area contributed by atoms with Crippen molar-refractivity contribution in [1.29, 1.82) is 0 Å². The molecule has 0 saturated carbocycles. The number of hydrogen-bond donors (Lipinski definition) is 1. The Bertz CT molecular complexity index is 1180. The molecule has 1 aliphatic rings. The van der Waals surface area contributed by atoms with E-state index < -0.39 is 0 Å². The van der Waals surface area contributed by atoms with Crippen LogP contribution in [-0.4, -0.2) is 34.0 Å². The summed E-state index contributed by atoms with van der Waals surface area (Å²) < 4.78 is 5.55. The van der Waals surface area contributed by atoms with Crippen molar-refractivity contribution in [2.45, 2.75) is 18.8 Å².